The molecule has 1 unspecified atom stereocenters. The van der Waals surface area contributed by atoms with E-state index in [0.717, 1.165) is 0 Å². The van der Waals surface area contributed by atoms with E-state index < -0.39 is 12.0 Å². The maximum atomic E-state index is 12.8. The Kier molecular flexibility index (Phi) is 4.95. The number of hydrogen-bond acceptors (Lipinski definition) is 3. The lowest BCUT2D eigenvalue weighted by molar-refractivity contribution is -0.122. The van der Waals surface area contributed by atoms with Crippen LogP contribution >= 0.6 is 0 Å². The number of rotatable bonds is 5. The standard InChI is InChI=1S/C17H17FN2O3/c1-10-14(16(19)21)4-3-5-15(10)20-17(22)11(2)23-13-8-6-12(18)7-9-13/h3-9,11H,1-2H3,(H2,19,21)(H,20,22). The van der Waals surface area contributed by atoms with E-state index >= 15 is 0 Å². The van der Waals surface area contributed by atoms with Crippen LogP contribution in [0, 0.1) is 12.7 Å². The third-order valence-electron chi connectivity index (χ3n) is 3.35. The zero-order chi connectivity index (χ0) is 17.0. The second kappa shape index (κ2) is 6.91. The minimum atomic E-state index is -0.794. The first-order valence-corrected chi connectivity index (χ1v) is 7.01. The van der Waals surface area contributed by atoms with Crippen molar-refractivity contribution in [1.82, 2.24) is 0 Å². The summed E-state index contributed by atoms with van der Waals surface area (Å²) < 4.78 is 18.3. The Balaban J connectivity index is 2.08. The Bertz CT molecular complexity index is 729. The van der Waals surface area contributed by atoms with Crippen molar-refractivity contribution in [3.63, 3.8) is 0 Å². The summed E-state index contributed by atoms with van der Waals surface area (Å²) in [5.74, 6) is -0.946. The molecule has 120 valence electrons. The predicted octanol–water partition coefficient (Wildman–Crippen LogP) is 2.64. The van der Waals surface area contributed by atoms with E-state index in [0.29, 0.717) is 22.6 Å². The van der Waals surface area contributed by atoms with Crippen LogP contribution in [0.15, 0.2) is 42.5 Å². The molecule has 0 aliphatic carbocycles. The van der Waals surface area contributed by atoms with Gasteiger partial charge >= 0.3 is 0 Å². The molecule has 1 atom stereocenters. The van der Waals surface area contributed by atoms with E-state index in [1.807, 2.05) is 0 Å². The van der Waals surface area contributed by atoms with Gasteiger partial charge in [0.15, 0.2) is 6.10 Å². The second-order valence-corrected chi connectivity index (χ2v) is 5.05. The molecule has 3 N–H and O–H groups in total. The molecule has 0 saturated carbocycles. The lowest BCUT2D eigenvalue weighted by atomic mass is 10.1. The molecule has 6 heteroatoms. The zero-order valence-electron chi connectivity index (χ0n) is 12.8. The molecule has 0 heterocycles. The molecule has 23 heavy (non-hydrogen) atoms. The number of nitrogens with one attached hydrogen (secondary N) is 1. The third kappa shape index (κ3) is 4.06. The van der Waals surface area contributed by atoms with E-state index in [4.69, 9.17) is 10.5 Å². The summed E-state index contributed by atoms with van der Waals surface area (Å²) in [5.41, 5.74) is 6.70. The first-order chi connectivity index (χ1) is 10.9. The number of nitrogens with two attached hydrogens (primary N) is 1. The highest BCUT2D eigenvalue weighted by molar-refractivity contribution is 5.99. The van der Waals surface area contributed by atoms with Gasteiger partial charge in [0.05, 0.1) is 0 Å². The normalized spacial score (nSPS) is 11.6. The van der Waals surface area contributed by atoms with Gasteiger partial charge in [0.25, 0.3) is 5.91 Å². The summed E-state index contributed by atoms with van der Waals surface area (Å²) in [5, 5.41) is 2.69. The van der Waals surface area contributed by atoms with Crippen LogP contribution in [0.1, 0.15) is 22.8 Å². The maximum absolute atomic E-state index is 12.8. The predicted molar refractivity (Wildman–Crippen MR) is 84.8 cm³/mol. The van der Waals surface area contributed by atoms with Crippen molar-refractivity contribution >= 4 is 17.5 Å². The monoisotopic (exact) mass is 316 g/mol. The molecular weight excluding hydrogens is 299 g/mol. The number of amides is 2. The van der Waals surface area contributed by atoms with Gasteiger partial charge in [-0.2, -0.15) is 0 Å². The molecule has 5 nitrogen and oxygen atoms in total. The minimum absolute atomic E-state index is 0.343. The molecule has 2 aromatic carbocycles. The van der Waals surface area contributed by atoms with Crippen LogP contribution in [0.3, 0.4) is 0 Å². The number of ether oxygens (including phenoxy) is 1. The Hall–Kier alpha value is -2.89. The van der Waals surface area contributed by atoms with Crippen molar-refractivity contribution in [2.75, 3.05) is 5.32 Å². The third-order valence-corrected chi connectivity index (χ3v) is 3.35. The maximum Gasteiger partial charge on any atom is 0.265 e. The van der Waals surface area contributed by atoms with Gasteiger partial charge in [-0.25, -0.2) is 4.39 Å². The summed E-state index contributed by atoms with van der Waals surface area (Å²) in [4.78, 5) is 23.5. The molecule has 0 spiro atoms. The molecule has 2 amide bonds. The number of benzene rings is 2. The highest BCUT2D eigenvalue weighted by atomic mass is 19.1. The molecule has 2 aromatic rings. The number of halogens is 1. The van der Waals surface area contributed by atoms with Crippen LogP contribution in [0.25, 0.3) is 0 Å². The Morgan fingerprint density at radius 2 is 1.83 bits per heavy atom. The summed E-state index contributed by atoms with van der Waals surface area (Å²) in [7, 11) is 0. The van der Waals surface area contributed by atoms with E-state index in [-0.39, 0.29) is 11.7 Å². The van der Waals surface area contributed by atoms with Crippen molar-refractivity contribution in [3.05, 3.63) is 59.4 Å². The summed E-state index contributed by atoms with van der Waals surface area (Å²) in [6.45, 7) is 3.27. The van der Waals surface area contributed by atoms with Gasteiger partial charge in [0, 0.05) is 11.3 Å². The number of carbonyl (C=O) groups excluding carboxylic acids is 2. The van der Waals surface area contributed by atoms with Gasteiger partial charge < -0.3 is 15.8 Å². The first kappa shape index (κ1) is 16.5. The number of primary amides is 1. The van der Waals surface area contributed by atoms with Crippen molar-refractivity contribution in [1.29, 1.82) is 0 Å². The van der Waals surface area contributed by atoms with E-state index in [1.165, 1.54) is 24.3 Å². The molecule has 0 bridgehead atoms. The molecule has 0 aromatic heterocycles. The molecule has 0 radical (unpaired) electrons. The Morgan fingerprint density at radius 3 is 2.43 bits per heavy atom. The van der Waals surface area contributed by atoms with Crippen LogP contribution < -0.4 is 15.8 Å². The average molecular weight is 316 g/mol. The van der Waals surface area contributed by atoms with Crippen LogP contribution in [-0.2, 0) is 4.79 Å². The molecule has 2 rings (SSSR count). The fourth-order valence-corrected chi connectivity index (χ4v) is 2.04. The highest BCUT2D eigenvalue weighted by Crippen LogP contribution is 2.19. The molecule has 0 fully saturated rings. The summed E-state index contributed by atoms with van der Waals surface area (Å²) in [6.07, 6.45) is -0.794. The van der Waals surface area contributed by atoms with Crippen molar-refractivity contribution < 1.29 is 18.7 Å². The van der Waals surface area contributed by atoms with Crippen LogP contribution in [0.2, 0.25) is 0 Å². The van der Waals surface area contributed by atoms with Crippen LogP contribution in [-0.4, -0.2) is 17.9 Å². The van der Waals surface area contributed by atoms with Gasteiger partial charge in [0.2, 0.25) is 5.91 Å². The number of hydrogen-bond donors (Lipinski definition) is 2. The van der Waals surface area contributed by atoms with E-state index in [1.54, 1.807) is 32.0 Å². The highest BCUT2D eigenvalue weighted by Gasteiger charge is 2.17. The Morgan fingerprint density at radius 1 is 1.17 bits per heavy atom. The second-order valence-electron chi connectivity index (χ2n) is 5.05. The zero-order valence-corrected chi connectivity index (χ0v) is 12.8. The van der Waals surface area contributed by atoms with E-state index in [2.05, 4.69) is 5.32 Å². The molecular formula is C17H17FN2O3. The lowest BCUT2D eigenvalue weighted by Crippen LogP contribution is -2.30. The van der Waals surface area contributed by atoms with Crippen LogP contribution in [0.5, 0.6) is 5.75 Å². The van der Waals surface area contributed by atoms with E-state index in [9.17, 15) is 14.0 Å². The number of anilines is 1. The smallest absolute Gasteiger partial charge is 0.265 e. The topological polar surface area (TPSA) is 81.4 Å². The first-order valence-electron chi connectivity index (χ1n) is 7.01. The van der Waals surface area contributed by atoms with Crippen molar-refractivity contribution in [3.8, 4) is 5.75 Å². The molecule has 0 aliphatic heterocycles. The van der Waals surface area contributed by atoms with Gasteiger partial charge in [0.1, 0.15) is 11.6 Å². The summed E-state index contributed by atoms with van der Waals surface area (Å²) >= 11 is 0. The van der Waals surface area contributed by atoms with Crippen LogP contribution in [0.4, 0.5) is 10.1 Å². The van der Waals surface area contributed by atoms with Crippen molar-refractivity contribution in [2.45, 2.75) is 20.0 Å². The SMILES string of the molecule is Cc1c(NC(=O)C(C)Oc2ccc(F)cc2)cccc1C(N)=O. The van der Waals surface area contributed by atoms with Gasteiger partial charge in [-0.3, -0.25) is 9.59 Å². The quantitative estimate of drug-likeness (QED) is 0.889. The van der Waals surface area contributed by atoms with Gasteiger partial charge in [-0.05, 0) is 55.8 Å². The molecule has 0 saturated heterocycles. The number of carbonyl (C=O) groups is 2. The molecule has 0 aliphatic rings. The average Bonchev–Trinajstić information content (AvgIpc) is 2.51. The lowest BCUT2D eigenvalue weighted by Gasteiger charge is -2.16. The Labute approximate surface area is 133 Å². The van der Waals surface area contributed by atoms with Gasteiger partial charge in [-0.1, -0.05) is 6.07 Å². The minimum Gasteiger partial charge on any atom is -0.481 e. The largest absolute Gasteiger partial charge is 0.481 e. The van der Waals surface area contributed by atoms with Crippen molar-refractivity contribution in [2.24, 2.45) is 5.73 Å². The fourth-order valence-electron chi connectivity index (χ4n) is 2.04. The van der Waals surface area contributed by atoms with Gasteiger partial charge in [-0.15, -0.1) is 0 Å². The fraction of sp³-hybridized carbons (Fsp3) is 0.176. The summed E-state index contributed by atoms with van der Waals surface area (Å²) in [6, 6.07) is 10.3.